The maximum Gasteiger partial charge on any atom is 0.306 e. The second-order valence-corrected chi connectivity index (χ2v) is 8.50. The summed E-state index contributed by atoms with van der Waals surface area (Å²) in [6.07, 6.45) is 2.46. The number of halogens is 1. The van der Waals surface area contributed by atoms with E-state index in [9.17, 15) is 4.79 Å². The van der Waals surface area contributed by atoms with Crippen molar-refractivity contribution >= 4 is 18.4 Å². The van der Waals surface area contributed by atoms with Crippen LogP contribution in [0.25, 0.3) is 22.8 Å². The minimum Gasteiger partial charge on any atom is -0.481 e. The molecule has 1 fully saturated rings. The number of aromatic nitrogens is 2. The summed E-state index contributed by atoms with van der Waals surface area (Å²) < 4.78 is 5.47. The van der Waals surface area contributed by atoms with Gasteiger partial charge in [-0.1, -0.05) is 55.4 Å². The molecule has 0 spiro atoms. The van der Waals surface area contributed by atoms with Crippen molar-refractivity contribution in [3.63, 3.8) is 0 Å². The Morgan fingerprint density at radius 1 is 1.06 bits per heavy atom. The van der Waals surface area contributed by atoms with Crippen molar-refractivity contribution in [1.82, 2.24) is 15.5 Å². The zero-order valence-corrected chi connectivity index (χ0v) is 18.6. The van der Waals surface area contributed by atoms with Crippen molar-refractivity contribution in [3.8, 4) is 22.8 Å². The fourth-order valence-corrected chi connectivity index (χ4v) is 3.73. The van der Waals surface area contributed by atoms with Gasteiger partial charge in [-0.05, 0) is 48.4 Å². The first-order valence-electron chi connectivity index (χ1n) is 10.5. The Balaban J connectivity index is 0.00000272. The second kappa shape index (κ2) is 10.1. The summed E-state index contributed by atoms with van der Waals surface area (Å²) in [7, 11) is 0. The maximum atomic E-state index is 10.9. The van der Waals surface area contributed by atoms with Gasteiger partial charge in [-0.3, -0.25) is 4.79 Å². The molecule has 0 radical (unpaired) electrons. The number of benzene rings is 2. The highest BCUT2D eigenvalue weighted by Gasteiger charge is 2.33. The summed E-state index contributed by atoms with van der Waals surface area (Å²) >= 11 is 0. The van der Waals surface area contributed by atoms with E-state index in [1.165, 1.54) is 5.56 Å². The van der Waals surface area contributed by atoms with E-state index in [0.717, 1.165) is 29.7 Å². The van der Waals surface area contributed by atoms with Gasteiger partial charge in [0.25, 0.3) is 5.89 Å². The van der Waals surface area contributed by atoms with Crippen molar-refractivity contribution < 1.29 is 14.4 Å². The largest absolute Gasteiger partial charge is 0.481 e. The lowest BCUT2D eigenvalue weighted by Crippen LogP contribution is -2.43. The Bertz CT molecular complexity index is 994. The number of aliphatic carboxylic acids is 1. The highest BCUT2D eigenvalue weighted by molar-refractivity contribution is 5.85. The van der Waals surface area contributed by atoms with E-state index in [0.29, 0.717) is 30.5 Å². The predicted molar refractivity (Wildman–Crippen MR) is 122 cm³/mol. The smallest absolute Gasteiger partial charge is 0.306 e. The van der Waals surface area contributed by atoms with E-state index in [1.807, 2.05) is 36.4 Å². The number of carboxylic acid groups (broad SMARTS) is 1. The van der Waals surface area contributed by atoms with E-state index in [4.69, 9.17) is 9.63 Å². The quantitative estimate of drug-likeness (QED) is 0.512. The van der Waals surface area contributed by atoms with Gasteiger partial charge in [0.15, 0.2) is 0 Å². The molecule has 0 unspecified atom stereocenters. The standard InChI is InChI=1S/C24H27N3O3.ClH/c1-15(2)11-16-3-9-19(10-4-16)23-26-22(27-30-23)18-7-5-17(6-8-18)14-25-21-12-20(13-21)24(28)29;/h3-10,15,20-21,25H,11-14H2,1-2H3,(H,28,29);1H/t20-,21+;. The topological polar surface area (TPSA) is 88.2 Å². The number of hydrogen-bond acceptors (Lipinski definition) is 5. The van der Waals surface area contributed by atoms with Gasteiger partial charge in [0, 0.05) is 23.7 Å². The van der Waals surface area contributed by atoms with Crippen LogP contribution in [0.3, 0.4) is 0 Å². The van der Waals surface area contributed by atoms with Crippen molar-refractivity contribution in [2.24, 2.45) is 11.8 Å². The van der Waals surface area contributed by atoms with Crippen LogP contribution in [0, 0.1) is 11.8 Å². The Kier molecular flexibility index (Phi) is 7.46. The monoisotopic (exact) mass is 441 g/mol. The summed E-state index contributed by atoms with van der Waals surface area (Å²) in [6, 6.07) is 16.6. The summed E-state index contributed by atoms with van der Waals surface area (Å²) in [5, 5.41) is 16.5. The Morgan fingerprint density at radius 3 is 2.29 bits per heavy atom. The van der Waals surface area contributed by atoms with Crippen molar-refractivity contribution in [2.75, 3.05) is 0 Å². The lowest BCUT2D eigenvalue weighted by Gasteiger charge is -2.33. The molecule has 2 aromatic carbocycles. The molecule has 2 N–H and O–H groups in total. The molecule has 0 bridgehead atoms. The highest BCUT2D eigenvalue weighted by atomic mass is 35.5. The first-order chi connectivity index (χ1) is 14.5. The number of carbonyl (C=O) groups is 1. The lowest BCUT2D eigenvalue weighted by atomic mass is 9.80. The van der Waals surface area contributed by atoms with Crippen LogP contribution in [0.2, 0.25) is 0 Å². The normalized spacial score (nSPS) is 17.8. The zero-order valence-electron chi connectivity index (χ0n) is 17.7. The van der Waals surface area contributed by atoms with Crippen LogP contribution in [-0.2, 0) is 17.8 Å². The molecule has 1 aromatic heterocycles. The van der Waals surface area contributed by atoms with E-state index in [2.05, 4.69) is 41.4 Å². The molecule has 7 heteroatoms. The summed E-state index contributed by atoms with van der Waals surface area (Å²) in [5.41, 5.74) is 4.27. The van der Waals surface area contributed by atoms with Crippen LogP contribution in [0.4, 0.5) is 0 Å². The molecule has 1 heterocycles. The van der Waals surface area contributed by atoms with Crippen LogP contribution in [0.15, 0.2) is 53.1 Å². The average molecular weight is 442 g/mol. The third-order valence-corrected chi connectivity index (χ3v) is 5.57. The van der Waals surface area contributed by atoms with E-state index in [1.54, 1.807) is 0 Å². The number of nitrogens with one attached hydrogen (secondary N) is 1. The molecule has 1 aliphatic carbocycles. The number of hydrogen-bond donors (Lipinski definition) is 2. The highest BCUT2D eigenvalue weighted by Crippen LogP contribution is 2.28. The third-order valence-electron chi connectivity index (χ3n) is 5.57. The van der Waals surface area contributed by atoms with Crippen molar-refractivity contribution in [2.45, 2.75) is 45.7 Å². The van der Waals surface area contributed by atoms with Gasteiger partial charge in [-0.2, -0.15) is 4.98 Å². The Morgan fingerprint density at radius 2 is 1.68 bits per heavy atom. The molecule has 0 aliphatic heterocycles. The molecule has 3 aromatic rings. The molecular weight excluding hydrogens is 414 g/mol. The lowest BCUT2D eigenvalue weighted by molar-refractivity contribution is -0.145. The fourth-order valence-electron chi connectivity index (χ4n) is 3.73. The number of nitrogens with zero attached hydrogens (tertiary/aromatic N) is 2. The zero-order chi connectivity index (χ0) is 21.1. The summed E-state index contributed by atoms with van der Waals surface area (Å²) in [4.78, 5) is 15.4. The van der Waals surface area contributed by atoms with Crippen molar-refractivity contribution in [1.29, 1.82) is 0 Å². The molecule has 164 valence electrons. The fraction of sp³-hybridized carbons (Fsp3) is 0.375. The maximum absolute atomic E-state index is 10.9. The molecule has 1 aliphatic rings. The molecule has 0 saturated heterocycles. The van der Waals surface area contributed by atoms with Gasteiger partial charge >= 0.3 is 5.97 Å². The SMILES string of the molecule is CC(C)Cc1ccc(-c2nc(-c3ccc(CN[C@H]4C[C@@H](C(=O)O)C4)cc3)no2)cc1.Cl. The minimum atomic E-state index is -0.691. The van der Waals surface area contributed by atoms with Gasteiger partial charge in [-0.15, -0.1) is 12.4 Å². The Hall–Kier alpha value is -2.70. The summed E-state index contributed by atoms with van der Waals surface area (Å²) in [5.74, 6) is 0.829. The van der Waals surface area contributed by atoms with Gasteiger partial charge in [-0.25, -0.2) is 0 Å². The molecular formula is C24H28ClN3O3. The van der Waals surface area contributed by atoms with Crippen molar-refractivity contribution in [3.05, 3.63) is 59.7 Å². The van der Waals surface area contributed by atoms with Gasteiger partial charge < -0.3 is 14.9 Å². The Labute approximate surface area is 188 Å². The van der Waals surface area contributed by atoms with E-state index >= 15 is 0 Å². The van der Waals surface area contributed by atoms with Gasteiger partial charge in [0.2, 0.25) is 5.82 Å². The molecule has 6 nitrogen and oxygen atoms in total. The van der Waals surface area contributed by atoms with Gasteiger partial charge in [0.05, 0.1) is 5.92 Å². The van der Waals surface area contributed by atoms with Crippen LogP contribution in [0.1, 0.15) is 37.8 Å². The first-order valence-corrected chi connectivity index (χ1v) is 10.5. The van der Waals surface area contributed by atoms with E-state index in [-0.39, 0.29) is 24.4 Å². The van der Waals surface area contributed by atoms with Crippen LogP contribution in [-0.4, -0.2) is 27.3 Å². The molecule has 31 heavy (non-hydrogen) atoms. The van der Waals surface area contributed by atoms with Crippen LogP contribution >= 0.6 is 12.4 Å². The number of carboxylic acids is 1. The second-order valence-electron chi connectivity index (χ2n) is 8.50. The van der Waals surface area contributed by atoms with Crippen LogP contribution in [0.5, 0.6) is 0 Å². The molecule has 0 amide bonds. The average Bonchev–Trinajstić information content (AvgIpc) is 3.17. The number of rotatable bonds is 8. The molecule has 0 atom stereocenters. The predicted octanol–water partition coefficient (Wildman–Crippen LogP) is 4.98. The molecule has 1 saturated carbocycles. The minimum absolute atomic E-state index is 0. The molecule has 4 rings (SSSR count). The van der Waals surface area contributed by atoms with Gasteiger partial charge in [0.1, 0.15) is 0 Å². The van der Waals surface area contributed by atoms with Crippen LogP contribution < -0.4 is 5.32 Å². The third kappa shape index (κ3) is 5.71. The van der Waals surface area contributed by atoms with E-state index < -0.39 is 5.97 Å². The summed E-state index contributed by atoms with van der Waals surface area (Å²) in [6.45, 7) is 5.14. The first kappa shape index (κ1) is 23.0.